The second-order valence-corrected chi connectivity index (χ2v) is 6.66. The van der Waals surface area contributed by atoms with E-state index in [1.807, 2.05) is 30.3 Å². The third-order valence-corrected chi connectivity index (χ3v) is 4.56. The fourth-order valence-electron chi connectivity index (χ4n) is 3.13. The van der Waals surface area contributed by atoms with E-state index in [0.29, 0.717) is 5.56 Å². The molecule has 1 amide bonds. The molecule has 3 rings (SSSR count). The molecule has 2 heteroatoms. The zero-order valence-electron chi connectivity index (χ0n) is 15.5. The van der Waals surface area contributed by atoms with Gasteiger partial charge in [-0.15, -0.1) is 0 Å². The Balaban J connectivity index is 1.95. The van der Waals surface area contributed by atoms with Crippen LogP contribution in [-0.2, 0) is 6.42 Å². The summed E-state index contributed by atoms with van der Waals surface area (Å²) in [6, 6.07) is 24.1. The van der Waals surface area contributed by atoms with E-state index in [1.165, 1.54) is 16.7 Å². The highest BCUT2D eigenvalue weighted by atomic mass is 16.1. The van der Waals surface area contributed by atoms with Gasteiger partial charge in [0.1, 0.15) is 0 Å². The molecule has 0 saturated carbocycles. The molecule has 132 valence electrons. The van der Waals surface area contributed by atoms with Gasteiger partial charge in [0.2, 0.25) is 0 Å². The summed E-state index contributed by atoms with van der Waals surface area (Å²) in [6.07, 6.45) is 3.31. The molecule has 0 aliphatic carbocycles. The molecule has 2 nitrogen and oxygen atoms in total. The van der Waals surface area contributed by atoms with Gasteiger partial charge in [-0.1, -0.05) is 61.9 Å². The van der Waals surface area contributed by atoms with Crippen LogP contribution in [-0.4, -0.2) is 5.91 Å². The van der Waals surface area contributed by atoms with Gasteiger partial charge in [-0.3, -0.25) is 4.79 Å². The molecule has 0 aromatic heterocycles. The van der Waals surface area contributed by atoms with Crippen molar-refractivity contribution in [2.45, 2.75) is 33.1 Å². The van der Waals surface area contributed by atoms with Crippen molar-refractivity contribution in [3.8, 4) is 11.1 Å². The van der Waals surface area contributed by atoms with E-state index in [0.717, 1.165) is 30.5 Å². The number of carbonyl (C=O) groups is 1. The predicted octanol–water partition coefficient (Wildman–Crippen LogP) is 6.26. The van der Waals surface area contributed by atoms with Gasteiger partial charge in [0.05, 0.1) is 0 Å². The first-order valence-electron chi connectivity index (χ1n) is 9.23. The van der Waals surface area contributed by atoms with Gasteiger partial charge in [-0.2, -0.15) is 0 Å². The number of hydrogen-bond acceptors (Lipinski definition) is 1. The molecule has 0 saturated heterocycles. The van der Waals surface area contributed by atoms with Crippen LogP contribution in [0, 0.1) is 6.92 Å². The van der Waals surface area contributed by atoms with E-state index in [-0.39, 0.29) is 5.91 Å². The first-order chi connectivity index (χ1) is 12.7. The van der Waals surface area contributed by atoms with Gasteiger partial charge in [-0.05, 0) is 66.3 Å². The molecule has 0 fully saturated rings. The van der Waals surface area contributed by atoms with E-state index in [4.69, 9.17) is 0 Å². The Morgan fingerprint density at radius 2 is 1.65 bits per heavy atom. The fourth-order valence-corrected chi connectivity index (χ4v) is 3.13. The van der Waals surface area contributed by atoms with Gasteiger partial charge in [0, 0.05) is 11.3 Å². The first kappa shape index (κ1) is 17.9. The molecule has 0 atom stereocenters. The first-order valence-corrected chi connectivity index (χ1v) is 9.23. The largest absolute Gasteiger partial charge is 0.322 e. The van der Waals surface area contributed by atoms with Gasteiger partial charge >= 0.3 is 0 Å². The van der Waals surface area contributed by atoms with Crippen LogP contribution in [0.2, 0.25) is 0 Å². The van der Waals surface area contributed by atoms with Crippen LogP contribution >= 0.6 is 0 Å². The number of anilines is 1. The number of benzene rings is 3. The average Bonchev–Trinajstić information content (AvgIpc) is 2.67. The Morgan fingerprint density at radius 3 is 2.38 bits per heavy atom. The molecule has 0 heterocycles. The number of aryl methyl sites for hydroxylation is 2. The summed E-state index contributed by atoms with van der Waals surface area (Å²) in [5.41, 5.74) is 6.38. The lowest BCUT2D eigenvalue weighted by molar-refractivity contribution is 0.102. The fraction of sp³-hybridized carbons (Fsp3) is 0.208. The Kier molecular flexibility index (Phi) is 5.85. The zero-order chi connectivity index (χ0) is 18.4. The highest BCUT2D eigenvalue weighted by molar-refractivity contribution is 6.04. The van der Waals surface area contributed by atoms with E-state index in [1.54, 1.807) is 0 Å². The Labute approximate surface area is 155 Å². The second-order valence-electron chi connectivity index (χ2n) is 6.66. The Morgan fingerprint density at radius 1 is 0.923 bits per heavy atom. The highest BCUT2D eigenvalue weighted by Crippen LogP contribution is 2.28. The minimum atomic E-state index is -0.0750. The maximum atomic E-state index is 12.5. The van der Waals surface area contributed by atoms with Gasteiger partial charge in [0.15, 0.2) is 0 Å². The van der Waals surface area contributed by atoms with E-state index < -0.39 is 0 Å². The predicted molar refractivity (Wildman–Crippen MR) is 110 cm³/mol. The monoisotopic (exact) mass is 343 g/mol. The number of carbonyl (C=O) groups excluding carboxylic acids is 1. The minimum Gasteiger partial charge on any atom is -0.322 e. The van der Waals surface area contributed by atoms with Crippen molar-refractivity contribution in [3.63, 3.8) is 0 Å². The summed E-state index contributed by atoms with van der Waals surface area (Å²) in [7, 11) is 0. The molecule has 0 bridgehead atoms. The van der Waals surface area contributed by atoms with Crippen molar-refractivity contribution in [1.29, 1.82) is 0 Å². The SMILES string of the molecule is CCCCc1cc(NC(=O)c2ccccc2)cc(-c2ccccc2C)c1. The summed E-state index contributed by atoms with van der Waals surface area (Å²) in [6.45, 7) is 4.32. The van der Waals surface area contributed by atoms with Crippen LogP contribution in [0.25, 0.3) is 11.1 Å². The van der Waals surface area contributed by atoms with Crippen molar-refractivity contribution >= 4 is 11.6 Å². The van der Waals surface area contributed by atoms with Crippen LogP contribution < -0.4 is 5.32 Å². The molecule has 1 N–H and O–H groups in total. The Bertz CT molecular complexity index is 884. The summed E-state index contributed by atoms with van der Waals surface area (Å²) >= 11 is 0. The number of nitrogens with one attached hydrogen (secondary N) is 1. The maximum Gasteiger partial charge on any atom is 0.255 e. The molecule has 0 aliphatic rings. The molecule has 0 radical (unpaired) electrons. The van der Waals surface area contributed by atoms with Crippen molar-refractivity contribution in [2.24, 2.45) is 0 Å². The lowest BCUT2D eigenvalue weighted by Gasteiger charge is -2.13. The average molecular weight is 343 g/mol. The van der Waals surface area contributed by atoms with Gasteiger partial charge in [-0.25, -0.2) is 0 Å². The topological polar surface area (TPSA) is 29.1 Å². The van der Waals surface area contributed by atoms with Crippen molar-refractivity contribution in [2.75, 3.05) is 5.32 Å². The van der Waals surface area contributed by atoms with E-state index in [2.05, 4.69) is 61.6 Å². The molecule has 26 heavy (non-hydrogen) atoms. The molecule has 3 aromatic carbocycles. The van der Waals surface area contributed by atoms with Crippen molar-refractivity contribution < 1.29 is 4.79 Å². The third-order valence-electron chi connectivity index (χ3n) is 4.56. The maximum absolute atomic E-state index is 12.5. The van der Waals surface area contributed by atoms with Gasteiger partial charge < -0.3 is 5.32 Å². The van der Waals surface area contributed by atoms with Crippen LogP contribution in [0.5, 0.6) is 0 Å². The summed E-state index contributed by atoms with van der Waals surface area (Å²) in [5.74, 6) is -0.0750. The summed E-state index contributed by atoms with van der Waals surface area (Å²) < 4.78 is 0. The third kappa shape index (κ3) is 4.40. The smallest absolute Gasteiger partial charge is 0.255 e. The lowest BCUT2D eigenvalue weighted by atomic mass is 9.96. The van der Waals surface area contributed by atoms with Crippen LogP contribution in [0.4, 0.5) is 5.69 Å². The zero-order valence-corrected chi connectivity index (χ0v) is 15.5. The molecular formula is C24H25NO. The normalized spacial score (nSPS) is 10.5. The van der Waals surface area contributed by atoms with Crippen LogP contribution in [0.1, 0.15) is 41.3 Å². The highest BCUT2D eigenvalue weighted by Gasteiger charge is 2.09. The number of hydrogen-bond donors (Lipinski definition) is 1. The minimum absolute atomic E-state index is 0.0750. The van der Waals surface area contributed by atoms with Crippen LogP contribution in [0.15, 0.2) is 72.8 Å². The van der Waals surface area contributed by atoms with Crippen molar-refractivity contribution in [1.82, 2.24) is 0 Å². The van der Waals surface area contributed by atoms with Crippen molar-refractivity contribution in [3.05, 3.63) is 89.5 Å². The second kappa shape index (κ2) is 8.48. The molecular weight excluding hydrogens is 318 g/mol. The molecule has 0 spiro atoms. The lowest BCUT2D eigenvalue weighted by Crippen LogP contribution is -2.12. The molecule has 3 aromatic rings. The van der Waals surface area contributed by atoms with Gasteiger partial charge in [0.25, 0.3) is 5.91 Å². The number of amides is 1. The van der Waals surface area contributed by atoms with E-state index in [9.17, 15) is 4.79 Å². The number of unbranched alkanes of at least 4 members (excludes halogenated alkanes) is 1. The molecule has 0 aliphatic heterocycles. The van der Waals surface area contributed by atoms with Crippen LogP contribution in [0.3, 0.4) is 0 Å². The standard InChI is InChI=1S/C24H25NO/c1-3-4-11-19-15-21(23-14-9-8-10-18(23)2)17-22(16-19)25-24(26)20-12-6-5-7-13-20/h5-10,12-17H,3-4,11H2,1-2H3,(H,25,26). The quantitative estimate of drug-likeness (QED) is 0.562. The molecule has 0 unspecified atom stereocenters. The summed E-state index contributed by atoms with van der Waals surface area (Å²) in [5, 5.41) is 3.07. The number of rotatable bonds is 6. The summed E-state index contributed by atoms with van der Waals surface area (Å²) in [4.78, 5) is 12.5. The Hall–Kier alpha value is -2.87. The van der Waals surface area contributed by atoms with E-state index >= 15 is 0 Å².